The van der Waals surface area contributed by atoms with Gasteiger partial charge in [-0.15, -0.1) is 0 Å². The van der Waals surface area contributed by atoms with Crippen LogP contribution in [0, 0.1) is 0 Å². The maximum Gasteiger partial charge on any atom is 0.406 e. The van der Waals surface area contributed by atoms with E-state index in [1.165, 1.54) is 7.05 Å². The van der Waals surface area contributed by atoms with E-state index in [1.54, 1.807) is 18.2 Å². The van der Waals surface area contributed by atoms with Crippen LogP contribution in [-0.2, 0) is 4.74 Å². The fraction of sp³-hybridized carbons (Fsp3) is 0.364. The Morgan fingerprint density at radius 2 is 2.25 bits per heavy atom. The van der Waals surface area contributed by atoms with Gasteiger partial charge in [-0.2, -0.15) is 0 Å². The number of carbonyl (C=O) groups is 1. The molecule has 0 aliphatic rings. The fourth-order valence-corrected chi connectivity index (χ4v) is 1.59. The van der Waals surface area contributed by atoms with Crippen molar-refractivity contribution in [2.45, 2.75) is 5.92 Å². The van der Waals surface area contributed by atoms with Gasteiger partial charge in [-0.05, 0) is 11.6 Å². The first-order chi connectivity index (χ1) is 7.69. The maximum atomic E-state index is 10.9. The van der Waals surface area contributed by atoms with E-state index >= 15 is 0 Å². The minimum atomic E-state index is -0.523. The highest BCUT2D eigenvalue weighted by atomic mass is 35.5. The summed E-state index contributed by atoms with van der Waals surface area (Å²) in [6, 6.07) is 7.17. The molecule has 1 aromatic rings. The van der Waals surface area contributed by atoms with Crippen molar-refractivity contribution in [3.63, 3.8) is 0 Å². The van der Waals surface area contributed by atoms with Crippen molar-refractivity contribution in [2.75, 3.05) is 20.3 Å². The number of ether oxygens (including phenoxy) is 1. The summed E-state index contributed by atoms with van der Waals surface area (Å²) in [4.78, 5) is 10.9. The first-order valence-corrected chi connectivity index (χ1v) is 5.26. The van der Waals surface area contributed by atoms with Gasteiger partial charge in [0.25, 0.3) is 0 Å². The lowest BCUT2D eigenvalue weighted by Gasteiger charge is -2.15. The highest BCUT2D eigenvalue weighted by Crippen LogP contribution is 2.24. The van der Waals surface area contributed by atoms with E-state index in [0.29, 0.717) is 5.02 Å². The fourth-order valence-electron chi connectivity index (χ4n) is 1.30. The smallest absolute Gasteiger partial charge is 0.406 e. The minimum Gasteiger partial charge on any atom is -0.449 e. The predicted octanol–water partition coefficient (Wildman–Crippen LogP) is 1.77. The average Bonchev–Trinajstić information content (AvgIpc) is 2.31. The maximum absolute atomic E-state index is 10.9. The Balaban J connectivity index is 2.68. The van der Waals surface area contributed by atoms with Crippen LogP contribution in [0.15, 0.2) is 24.3 Å². The van der Waals surface area contributed by atoms with Crippen molar-refractivity contribution in [3.8, 4) is 0 Å². The molecule has 2 N–H and O–H groups in total. The van der Waals surface area contributed by atoms with E-state index in [-0.39, 0.29) is 19.1 Å². The summed E-state index contributed by atoms with van der Waals surface area (Å²) in [7, 11) is 1.48. The van der Waals surface area contributed by atoms with Crippen LogP contribution in [0.4, 0.5) is 4.79 Å². The highest BCUT2D eigenvalue weighted by molar-refractivity contribution is 6.31. The summed E-state index contributed by atoms with van der Waals surface area (Å²) >= 11 is 5.98. The van der Waals surface area contributed by atoms with Gasteiger partial charge in [0, 0.05) is 18.0 Å². The Morgan fingerprint density at radius 3 is 2.81 bits per heavy atom. The van der Waals surface area contributed by atoms with Gasteiger partial charge in [-0.1, -0.05) is 29.8 Å². The quantitative estimate of drug-likeness (QED) is 0.848. The van der Waals surface area contributed by atoms with Gasteiger partial charge in [-0.25, -0.2) is 4.79 Å². The van der Waals surface area contributed by atoms with Crippen molar-refractivity contribution in [3.05, 3.63) is 34.9 Å². The number of alkyl carbamates (subject to hydrolysis) is 1. The molecule has 0 spiro atoms. The van der Waals surface area contributed by atoms with Gasteiger partial charge in [0.05, 0.1) is 6.61 Å². The molecule has 0 saturated carbocycles. The molecular weight excluding hydrogens is 230 g/mol. The molecule has 0 aromatic heterocycles. The summed E-state index contributed by atoms with van der Waals surface area (Å²) in [5.41, 5.74) is 0.774. The third-order valence-electron chi connectivity index (χ3n) is 2.19. The topological polar surface area (TPSA) is 58.6 Å². The molecule has 16 heavy (non-hydrogen) atoms. The zero-order valence-corrected chi connectivity index (χ0v) is 9.70. The molecule has 0 fully saturated rings. The predicted molar refractivity (Wildman–Crippen MR) is 61.7 cm³/mol. The lowest BCUT2D eigenvalue weighted by molar-refractivity contribution is 0.126. The van der Waals surface area contributed by atoms with Crippen LogP contribution in [0.2, 0.25) is 5.02 Å². The number of aliphatic hydroxyl groups excluding tert-OH is 1. The number of rotatable bonds is 4. The van der Waals surface area contributed by atoms with Gasteiger partial charge in [-0.3, -0.25) is 0 Å². The van der Waals surface area contributed by atoms with Crippen LogP contribution in [0.3, 0.4) is 0 Å². The number of hydrogen-bond donors (Lipinski definition) is 2. The van der Waals surface area contributed by atoms with E-state index < -0.39 is 6.09 Å². The van der Waals surface area contributed by atoms with Crippen molar-refractivity contribution >= 4 is 17.7 Å². The number of hydrogen-bond acceptors (Lipinski definition) is 3. The second-order valence-corrected chi connectivity index (χ2v) is 3.66. The summed E-state index contributed by atoms with van der Waals surface area (Å²) in [5, 5.41) is 12.1. The molecule has 1 amide bonds. The Kier molecular flexibility index (Phi) is 5.08. The van der Waals surface area contributed by atoms with Crippen LogP contribution in [0.5, 0.6) is 0 Å². The molecule has 1 aromatic carbocycles. The van der Waals surface area contributed by atoms with Crippen LogP contribution >= 0.6 is 11.6 Å². The Hall–Kier alpha value is -1.26. The first-order valence-electron chi connectivity index (χ1n) is 4.88. The van der Waals surface area contributed by atoms with Crippen LogP contribution in [0.25, 0.3) is 0 Å². The molecule has 0 saturated heterocycles. The monoisotopic (exact) mass is 243 g/mol. The normalized spacial score (nSPS) is 11.9. The molecule has 1 atom stereocenters. The zero-order valence-electron chi connectivity index (χ0n) is 8.94. The van der Waals surface area contributed by atoms with Crippen LogP contribution < -0.4 is 5.32 Å². The molecule has 0 heterocycles. The number of halogens is 1. The molecule has 1 rings (SSSR count). The van der Waals surface area contributed by atoms with Gasteiger partial charge in [0.15, 0.2) is 0 Å². The van der Waals surface area contributed by atoms with Crippen molar-refractivity contribution in [1.29, 1.82) is 0 Å². The van der Waals surface area contributed by atoms with Gasteiger partial charge >= 0.3 is 6.09 Å². The molecule has 0 aliphatic carbocycles. The third-order valence-corrected chi connectivity index (χ3v) is 2.53. The SMILES string of the molecule is CNC(=O)OCC(CO)c1ccccc1Cl. The molecule has 88 valence electrons. The van der Waals surface area contributed by atoms with E-state index in [9.17, 15) is 9.90 Å². The number of carbonyl (C=O) groups excluding carboxylic acids is 1. The molecule has 1 unspecified atom stereocenters. The van der Waals surface area contributed by atoms with Crippen molar-refractivity contribution in [1.82, 2.24) is 5.32 Å². The van der Waals surface area contributed by atoms with E-state index in [0.717, 1.165) is 5.56 Å². The summed E-state index contributed by atoms with van der Waals surface area (Å²) in [6.07, 6.45) is -0.523. The number of amides is 1. The molecule has 5 heteroatoms. The van der Waals surface area contributed by atoms with Crippen molar-refractivity contribution < 1.29 is 14.6 Å². The molecule has 4 nitrogen and oxygen atoms in total. The average molecular weight is 244 g/mol. The zero-order chi connectivity index (χ0) is 12.0. The standard InChI is InChI=1S/C11H14ClNO3/c1-13-11(15)16-7-8(6-14)9-4-2-3-5-10(9)12/h2-5,8,14H,6-7H2,1H3,(H,13,15). The largest absolute Gasteiger partial charge is 0.449 e. The minimum absolute atomic E-state index is 0.0971. The molecule has 0 bridgehead atoms. The van der Waals surface area contributed by atoms with Gasteiger partial charge < -0.3 is 15.2 Å². The molecule has 0 radical (unpaired) electrons. The highest BCUT2D eigenvalue weighted by Gasteiger charge is 2.15. The second-order valence-electron chi connectivity index (χ2n) is 3.25. The van der Waals surface area contributed by atoms with E-state index in [4.69, 9.17) is 16.3 Å². The second kappa shape index (κ2) is 6.35. The van der Waals surface area contributed by atoms with Crippen molar-refractivity contribution in [2.24, 2.45) is 0 Å². The number of benzene rings is 1. The number of aliphatic hydroxyl groups is 1. The molecular formula is C11H14ClNO3. The Bertz CT molecular complexity index is 357. The van der Waals surface area contributed by atoms with Gasteiger partial charge in [0.1, 0.15) is 6.61 Å². The number of nitrogens with one attached hydrogen (secondary N) is 1. The first kappa shape index (κ1) is 12.8. The van der Waals surface area contributed by atoms with E-state index in [2.05, 4.69) is 5.32 Å². The lowest BCUT2D eigenvalue weighted by atomic mass is 10.0. The summed E-state index contributed by atoms with van der Waals surface area (Å²) < 4.78 is 4.88. The van der Waals surface area contributed by atoms with Crippen LogP contribution in [0.1, 0.15) is 11.5 Å². The Morgan fingerprint density at radius 1 is 1.56 bits per heavy atom. The third kappa shape index (κ3) is 3.40. The van der Waals surface area contributed by atoms with Crippen LogP contribution in [-0.4, -0.2) is 31.5 Å². The Labute approximate surface area is 99.2 Å². The summed E-state index contributed by atoms with van der Waals surface area (Å²) in [6.45, 7) is -0.0271. The summed E-state index contributed by atoms with van der Waals surface area (Å²) in [5.74, 6) is -0.300. The van der Waals surface area contributed by atoms with E-state index in [1.807, 2.05) is 6.07 Å². The molecule has 0 aliphatic heterocycles. The van der Waals surface area contributed by atoms with Gasteiger partial charge in [0.2, 0.25) is 0 Å². The lowest BCUT2D eigenvalue weighted by Crippen LogP contribution is -2.23.